The molecular weight excluding hydrogens is 360 g/mol. The van der Waals surface area contributed by atoms with Crippen LogP contribution in [0, 0.1) is 0 Å². The van der Waals surface area contributed by atoms with Crippen molar-refractivity contribution in [3.05, 3.63) is 51.7 Å². The van der Waals surface area contributed by atoms with Gasteiger partial charge in [0.1, 0.15) is 0 Å². The third kappa shape index (κ3) is 5.24. The Morgan fingerprint density at radius 1 is 1.12 bits per heavy atom. The molecule has 24 heavy (non-hydrogen) atoms. The van der Waals surface area contributed by atoms with E-state index in [1.165, 1.54) is 4.88 Å². The molecule has 1 fully saturated rings. The van der Waals surface area contributed by atoms with E-state index in [1.54, 1.807) is 11.8 Å². The topological polar surface area (TPSA) is 23.6 Å². The largest absolute Gasteiger partial charge is 0.339 e. The van der Waals surface area contributed by atoms with Crippen LogP contribution in [0.2, 0.25) is 5.02 Å². The molecule has 1 aliphatic heterocycles. The third-order valence-corrected chi connectivity index (χ3v) is 6.34. The minimum Gasteiger partial charge on any atom is -0.339 e. The van der Waals surface area contributed by atoms with Gasteiger partial charge in [-0.25, -0.2) is 0 Å². The van der Waals surface area contributed by atoms with Crippen LogP contribution in [0.4, 0.5) is 0 Å². The van der Waals surface area contributed by atoms with Crippen LogP contribution in [0.15, 0.2) is 46.7 Å². The van der Waals surface area contributed by atoms with Crippen molar-refractivity contribution in [1.82, 2.24) is 9.80 Å². The first-order valence-corrected chi connectivity index (χ1v) is 10.4. The van der Waals surface area contributed by atoms with Crippen LogP contribution in [0.25, 0.3) is 0 Å². The molecule has 3 rings (SSSR count). The van der Waals surface area contributed by atoms with Crippen LogP contribution >= 0.6 is 34.7 Å². The van der Waals surface area contributed by atoms with E-state index >= 15 is 0 Å². The lowest BCUT2D eigenvalue weighted by Gasteiger charge is -2.34. The molecule has 0 unspecified atom stereocenters. The van der Waals surface area contributed by atoms with Gasteiger partial charge in [-0.15, -0.1) is 23.1 Å². The van der Waals surface area contributed by atoms with Gasteiger partial charge in [-0.1, -0.05) is 17.7 Å². The number of carbonyl (C=O) groups excluding carboxylic acids is 1. The first kappa shape index (κ1) is 17.8. The number of carbonyl (C=O) groups is 1. The molecule has 128 valence electrons. The molecule has 6 heteroatoms. The molecule has 1 saturated heterocycles. The standard InChI is InChI=1S/C18H21ClN2OS2/c19-15-3-5-17(6-4-15)24-14-18(22)21-11-9-20(10-12-21)8-7-16-2-1-13-23-16/h1-6,13H,7-12,14H2. The van der Waals surface area contributed by atoms with E-state index in [2.05, 4.69) is 22.4 Å². The first-order chi connectivity index (χ1) is 11.7. The summed E-state index contributed by atoms with van der Waals surface area (Å²) in [6.45, 7) is 4.71. The molecule has 0 spiro atoms. The predicted molar refractivity (Wildman–Crippen MR) is 103 cm³/mol. The van der Waals surface area contributed by atoms with Crippen LogP contribution in [0.5, 0.6) is 0 Å². The van der Waals surface area contributed by atoms with E-state index in [0.717, 1.165) is 49.1 Å². The van der Waals surface area contributed by atoms with Gasteiger partial charge in [0.2, 0.25) is 5.91 Å². The van der Waals surface area contributed by atoms with Crippen LogP contribution in [-0.2, 0) is 11.2 Å². The maximum absolute atomic E-state index is 12.4. The number of nitrogens with zero attached hydrogens (tertiary/aromatic N) is 2. The summed E-state index contributed by atoms with van der Waals surface area (Å²) in [6, 6.07) is 11.9. The number of rotatable bonds is 6. The predicted octanol–water partition coefficient (Wildman–Crippen LogP) is 3.88. The molecule has 0 saturated carbocycles. The molecule has 0 atom stereocenters. The molecule has 1 aromatic carbocycles. The Morgan fingerprint density at radius 3 is 2.54 bits per heavy atom. The smallest absolute Gasteiger partial charge is 0.233 e. The van der Waals surface area contributed by atoms with Crippen LogP contribution in [-0.4, -0.2) is 54.2 Å². The second kappa shape index (κ2) is 8.90. The highest BCUT2D eigenvalue weighted by Crippen LogP contribution is 2.21. The summed E-state index contributed by atoms with van der Waals surface area (Å²) in [5, 5.41) is 2.86. The maximum atomic E-state index is 12.4. The van der Waals surface area contributed by atoms with Gasteiger partial charge < -0.3 is 4.90 Å². The molecule has 2 aromatic rings. The van der Waals surface area contributed by atoms with Crippen molar-refractivity contribution < 1.29 is 4.79 Å². The minimum atomic E-state index is 0.229. The summed E-state index contributed by atoms with van der Waals surface area (Å²) in [4.78, 5) is 19.3. The van der Waals surface area contributed by atoms with Crippen molar-refractivity contribution in [1.29, 1.82) is 0 Å². The van der Waals surface area contributed by atoms with Crippen molar-refractivity contribution in [3.8, 4) is 0 Å². The van der Waals surface area contributed by atoms with Crippen LogP contribution in [0.1, 0.15) is 4.88 Å². The number of amides is 1. The molecule has 0 N–H and O–H groups in total. The molecular formula is C18H21ClN2OS2. The molecule has 1 aliphatic rings. The van der Waals surface area contributed by atoms with Gasteiger partial charge in [0.15, 0.2) is 0 Å². The minimum absolute atomic E-state index is 0.229. The molecule has 0 bridgehead atoms. The van der Waals surface area contributed by atoms with Gasteiger partial charge in [-0.2, -0.15) is 0 Å². The van der Waals surface area contributed by atoms with E-state index in [-0.39, 0.29) is 5.91 Å². The highest BCUT2D eigenvalue weighted by atomic mass is 35.5. The fraction of sp³-hybridized carbons (Fsp3) is 0.389. The Morgan fingerprint density at radius 2 is 1.88 bits per heavy atom. The Labute approximate surface area is 156 Å². The molecule has 2 heterocycles. The van der Waals surface area contributed by atoms with Crippen molar-refractivity contribution in [2.45, 2.75) is 11.3 Å². The lowest BCUT2D eigenvalue weighted by atomic mass is 10.2. The number of thioether (sulfide) groups is 1. The Hall–Kier alpha value is -1.01. The van der Waals surface area contributed by atoms with Gasteiger partial charge in [0, 0.05) is 47.5 Å². The average molecular weight is 381 g/mol. The van der Waals surface area contributed by atoms with Crippen molar-refractivity contribution in [3.63, 3.8) is 0 Å². The summed E-state index contributed by atoms with van der Waals surface area (Å²) >= 11 is 9.28. The third-order valence-electron chi connectivity index (χ3n) is 4.16. The van der Waals surface area contributed by atoms with E-state index < -0.39 is 0 Å². The highest BCUT2D eigenvalue weighted by Gasteiger charge is 2.20. The average Bonchev–Trinajstić information content (AvgIpc) is 3.13. The SMILES string of the molecule is O=C(CSc1ccc(Cl)cc1)N1CCN(CCc2cccs2)CC1. The Balaban J connectivity index is 1.37. The number of hydrogen-bond donors (Lipinski definition) is 0. The number of hydrogen-bond acceptors (Lipinski definition) is 4. The molecule has 0 radical (unpaired) electrons. The van der Waals surface area contributed by atoms with Gasteiger partial charge in [0.25, 0.3) is 0 Å². The summed E-state index contributed by atoms with van der Waals surface area (Å²) in [7, 11) is 0. The van der Waals surface area contributed by atoms with Crippen molar-refractivity contribution in [2.75, 3.05) is 38.5 Å². The summed E-state index contributed by atoms with van der Waals surface area (Å²) < 4.78 is 0. The zero-order valence-electron chi connectivity index (χ0n) is 13.5. The summed E-state index contributed by atoms with van der Waals surface area (Å²) in [5.74, 6) is 0.726. The summed E-state index contributed by atoms with van der Waals surface area (Å²) in [5.41, 5.74) is 0. The highest BCUT2D eigenvalue weighted by molar-refractivity contribution is 8.00. The lowest BCUT2D eigenvalue weighted by Crippen LogP contribution is -2.49. The monoisotopic (exact) mass is 380 g/mol. The molecule has 1 amide bonds. The van der Waals surface area contributed by atoms with Crippen molar-refractivity contribution in [2.24, 2.45) is 0 Å². The normalized spacial score (nSPS) is 15.6. The van der Waals surface area contributed by atoms with E-state index in [4.69, 9.17) is 11.6 Å². The molecule has 1 aromatic heterocycles. The number of thiophene rings is 1. The second-order valence-electron chi connectivity index (χ2n) is 5.79. The quantitative estimate of drug-likeness (QED) is 0.710. The van der Waals surface area contributed by atoms with Crippen molar-refractivity contribution >= 4 is 40.6 Å². The number of halogens is 1. The van der Waals surface area contributed by atoms with Crippen LogP contribution < -0.4 is 0 Å². The lowest BCUT2D eigenvalue weighted by molar-refractivity contribution is -0.130. The van der Waals surface area contributed by atoms with E-state index in [0.29, 0.717) is 5.75 Å². The number of benzene rings is 1. The fourth-order valence-electron chi connectivity index (χ4n) is 2.71. The first-order valence-electron chi connectivity index (χ1n) is 8.11. The summed E-state index contributed by atoms with van der Waals surface area (Å²) in [6.07, 6.45) is 1.11. The van der Waals surface area contributed by atoms with E-state index in [1.807, 2.05) is 40.5 Å². The second-order valence-corrected chi connectivity index (χ2v) is 8.31. The van der Waals surface area contributed by atoms with Crippen LogP contribution in [0.3, 0.4) is 0 Å². The maximum Gasteiger partial charge on any atom is 0.233 e. The zero-order chi connectivity index (χ0) is 16.8. The molecule has 0 aliphatic carbocycles. The zero-order valence-corrected chi connectivity index (χ0v) is 15.9. The number of piperazine rings is 1. The van der Waals surface area contributed by atoms with E-state index in [9.17, 15) is 4.79 Å². The Kier molecular flexibility index (Phi) is 6.60. The Bertz CT molecular complexity index is 638. The van der Waals surface area contributed by atoms with Gasteiger partial charge in [0.05, 0.1) is 5.75 Å². The van der Waals surface area contributed by atoms with Gasteiger partial charge in [-0.05, 0) is 42.1 Å². The molecule has 3 nitrogen and oxygen atoms in total. The van der Waals surface area contributed by atoms with Gasteiger partial charge in [-0.3, -0.25) is 9.69 Å². The van der Waals surface area contributed by atoms with Gasteiger partial charge >= 0.3 is 0 Å². The fourth-order valence-corrected chi connectivity index (χ4v) is 4.34.